The zero-order valence-electron chi connectivity index (χ0n) is 7.59. The number of rotatable bonds is 1. The summed E-state index contributed by atoms with van der Waals surface area (Å²) in [5.74, 6) is 0.508. The highest BCUT2D eigenvalue weighted by atomic mass is 16.2. The summed E-state index contributed by atoms with van der Waals surface area (Å²) in [6.07, 6.45) is 2.01. The molecule has 0 spiro atoms. The maximum Gasteiger partial charge on any atom is 0.222 e. The molecular weight excluding hydrogens is 154 g/mol. The minimum absolute atomic E-state index is 0.0581. The molecule has 0 saturated heterocycles. The molecule has 2 unspecified atom stereocenters. The van der Waals surface area contributed by atoms with Crippen molar-refractivity contribution in [2.45, 2.75) is 26.2 Å². The molecule has 0 aromatic carbocycles. The third kappa shape index (κ3) is 1.84. The molecule has 68 valence electrons. The number of carbonyl (C=O) groups excluding carboxylic acids is 2. The van der Waals surface area contributed by atoms with Crippen molar-refractivity contribution < 1.29 is 9.59 Å². The average Bonchev–Trinajstić information content (AvgIpc) is 2.08. The van der Waals surface area contributed by atoms with Crippen LogP contribution in [0.3, 0.4) is 0 Å². The number of carbonyl (C=O) groups is 2. The molecule has 0 aliphatic heterocycles. The first kappa shape index (κ1) is 9.23. The Morgan fingerprint density at radius 2 is 2.25 bits per heavy atom. The lowest BCUT2D eigenvalue weighted by Crippen LogP contribution is -2.33. The van der Waals surface area contributed by atoms with Gasteiger partial charge in [-0.3, -0.25) is 9.59 Å². The highest BCUT2D eigenvalue weighted by molar-refractivity contribution is 5.85. The van der Waals surface area contributed by atoms with E-state index >= 15 is 0 Å². The predicted octanol–water partition coefficient (Wildman–Crippen LogP) is 0.738. The van der Waals surface area contributed by atoms with E-state index in [9.17, 15) is 9.59 Å². The molecule has 0 aromatic heterocycles. The Morgan fingerprint density at radius 3 is 2.75 bits per heavy atom. The molecule has 1 amide bonds. The molecule has 1 N–H and O–H groups in total. The van der Waals surface area contributed by atoms with Gasteiger partial charge in [-0.05, 0) is 12.8 Å². The molecule has 1 aliphatic carbocycles. The van der Waals surface area contributed by atoms with E-state index in [4.69, 9.17) is 0 Å². The molecular formula is C9H15NO2. The second-order valence-corrected chi connectivity index (χ2v) is 3.45. The summed E-state index contributed by atoms with van der Waals surface area (Å²) in [5, 5.41) is 2.62. The van der Waals surface area contributed by atoms with Gasteiger partial charge in [0.05, 0.1) is 0 Å². The van der Waals surface area contributed by atoms with Gasteiger partial charge in [0, 0.05) is 25.3 Å². The predicted molar refractivity (Wildman–Crippen MR) is 45.6 cm³/mol. The van der Waals surface area contributed by atoms with Crippen molar-refractivity contribution in [2.75, 3.05) is 7.05 Å². The Balaban J connectivity index is 2.50. The first-order chi connectivity index (χ1) is 5.65. The molecule has 3 nitrogen and oxygen atoms in total. The number of ketones is 1. The molecule has 1 saturated carbocycles. The Morgan fingerprint density at radius 1 is 1.58 bits per heavy atom. The van der Waals surface area contributed by atoms with Gasteiger partial charge in [-0.25, -0.2) is 0 Å². The largest absolute Gasteiger partial charge is 0.359 e. The van der Waals surface area contributed by atoms with E-state index in [1.54, 1.807) is 7.05 Å². The monoisotopic (exact) mass is 169 g/mol. The van der Waals surface area contributed by atoms with Crippen LogP contribution < -0.4 is 5.32 Å². The van der Waals surface area contributed by atoms with Crippen molar-refractivity contribution >= 4 is 11.7 Å². The van der Waals surface area contributed by atoms with Crippen LogP contribution in [0.5, 0.6) is 0 Å². The molecule has 1 aliphatic rings. The van der Waals surface area contributed by atoms with Crippen molar-refractivity contribution in [3.05, 3.63) is 0 Å². The third-order valence-corrected chi connectivity index (χ3v) is 2.54. The summed E-state index contributed by atoms with van der Waals surface area (Å²) in [6.45, 7) is 1.90. The number of Topliss-reactive ketones (excluding diaryl/α,β-unsaturated/α-hetero) is 1. The van der Waals surface area contributed by atoms with Crippen LogP contribution in [0.4, 0.5) is 0 Å². The lowest BCUT2D eigenvalue weighted by atomic mass is 9.81. The van der Waals surface area contributed by atoms with Crippen LogP contribution in [0.25, 0.3) is 0 Å². The zero-order valence-corrected chi connectivity index (χ0v) is 7.59. The van der Waals surface area contributed by atoms with Crippen LogP contribution in [-0.4, -0.2) is 18.7 Å². The standard InChI is InChI=1S/C9H15NO2/c1-6-5-7(9(12)10-2)3-4-8(6)11/h6-7H,3-5H2,1-2H3,(H,10,12). The van der Waals surface area contributed by atoms with Gasteiger partial charge in [-0.15, -0.1) is 0 Å². The summed E-state index contributed by atoms with van der Waals surface area (Å²) in [4.78, 5) is 22.3. The average molecular weight is 169 g/mol. The quantitative estimate of drug-likeness (QED) is 0.629. The molecule has 1 fully saturated rings. The van der Waals surface area contributed by atoms with E-state index in [1.807, 2.05) is 6.92 Å². The Labute approximate surface area is 72.5 Å². The van der Waals surface area contributed by atoms with Crippen molar-refractivity contribution in [1.29, 1.82) is 0 Å². The second-order valence-electron chi connectivity index (χ2n) is 3.45. The van der Waals surface area contributed by atoms with Gasteiger partial charge >= 0.3 is 0 Å². The van der Waals surface area contributed by atoms with Crippen LogP contribution in [0.2, 0.25) is 0 Å². The van der Waals surface area contributed by atoms with Crippen LogP contribution in [0.15, 0.2) is 0 Å². The number of hydrogen-bond acceptors (Lipinski definition) is 2. The van der Waals surface area contributed by atoms with E-state index in [0.29, 0.717) is 12.2 Å². The highest BCUT2D eigenvalue weighted by Gasteiger charge is 2.28. The summed E-state index contributed by atoms with van der Waals surface area (Å²) < 4.78 is 0. The van der Waals surface area contributed by atoms with Crippen LogP contribution in [-0.2, 0) is 9.59 Å². The minimum Gasteiger partial charge on any atom is -0.359 e. The number of amides is 1. The molecule has 2 atom stereocenters. The molecule has 0 radical (unpaired) electrons. The van der Waals surface area contributed by atoms with Crippen LogP contribution in [0, 0.1) is 11.8 Å². The third-order valence-electron chi connectivity index (χ3n) is 2.54. The fourth-order valence-electron chi connectivity index (χ4n) is 1.68. The van der Waals surface area contributed by atoms with Crippen molar-refractivity contribution in [1.82, 2.24) is 5.32 Å². The van der Waals surface area contributed by atoms with E-state index in [-0.39, 0.29) is 17.7 Å². The van der Waals surface area contributed by atoms with Gasteiger partial charge < -0.3 is 5.32 Å². The smallest absolute Gasteiger partial charge is 0.222 e. The van der Waals surface area contributed by atoms with Gasteiger partial charge in [-0.2, -0.15) is 0 Å². The summed E-state index contributed by atoms with van der Waals surface area (Å²) in [7, 11) is 1.64. The van der Waals surface area contributed by atoms with Gasteiger partial charge in [0.2, 0.25) is 5.91 Å². The summed E-state index contributed by atoms with van der Waals surface area (Å²) >= 11 is 0. The molecule has 3 heteroatoms. The molecule has 0 heterocycles. The van der Waals surface area contributed by atoms with Crippen molar-refractivity contribution in [2.24, 2.45) is 11.8 Å². The van der Waals surface area contributed by atoms with Crippen molar-refractivity contribution in [3.63, 3.8) is 0 Å². The summed E-state index contributed by atoms with van der Waals surface area (Å²) in [6, 6.07) is 0. The minimum atomic E-state index is 0.0581. The molecule has 12 heavy (non-hydrogen) atoms. The zero-order chi connectivity index (χ0) is 9.14. The number of nitrogens with one attached hydrogen (secondary N) is 1. The fraction of sp³-hybridized carbons (Fsp3) is 0.778. The maximum atomic E-state index is 11.2. The Hall–Kier alpha value is -0.860. The SMILES string of the molecule is CNC(=O)C1CCC(=O)C(C)C1. The van der Waals surface area contributed by atoms with E-state index < -0.39 is 0 Å². The summed E-state index contributed by atoms with van der Waals surface area (Å²) in [5.41, 5.74) is 0. The van der Waals surface area contributed by atoms with Gasteiger partial charge in [0.15, 0.2) is 0 Å². The second kappa shape index (κ2) is 3.70. The molecule has 0 aromatic rings. The van der Waals surface area contributed by atoms with Gasteiger partial charge in [0.1, 0.15) is 5.78 Å². The fourth-order valence-corrected chi connectivity index (χ4v) is 1.68. The Bertz CT molecular complexity index is 201. The van der Waals surface area contributed by atoms with E-state index in [0.717, 1.165) is 12.8 Å². The normalized spacial score (nSPS) is 30.0. The lowest BCUT2D eigenvalue weighted by molar-refractivity contribution is -0.130. The number of hydrogen-bond donors (Lipinski definition) is 1. The van der Waals surface area contributed by atoms with E-state index in [1.165, 1.54) is 0 Å². The van der Waals surface area contributed by atoms with Gasteiger partial charge in [0.25, 0.3) is 0 Å². The highest BCUT2D eigenvalue weighted by Crippen LogP contribution is 2.25. The molecule has 1 rings (SSSR count). The topological polar surface area (TPSA) is 46.2 Å². The van der Waals surface area contributed by atoms with Crippen LogP contribution >= 0.6 is 0 Å². The van der Waals surface area contributed by atoms with Crippen LogP contribution in [0.1, 0.15) is 26.2 Å². The van der Waals surface area contributed by atoms with Gasteiger partial charge in [-0.1, -0.05) is 6.92 Å². The maximum absolute atomic E-state index is 11.2. The lowest BCUT2D eigenvalue weighted by Gasteiger charge is -2.24. The first-order valence-corrected chi connectivity index (χ1v) is 4.39. The van der Waals surface area contributed by atoms with Crippen molar-refractivity contribution in [3.8, 4) is 0 Å². The Kier molecular flexibility index (Phi) is 2.84. The first-order valence-electron chi connectivity index (χ1n) is 4.39. The molecule has 0 bridgehead atoms. The van der Waals surface area contributed by atoms with E-state index in [2.05, 4.69) is 5.32 Å².